The Morgan fingerprint density at radius 3 is 2.42 bits per heavy atom. The second-order valence-electron chi connectivity index (χ2n) is 11.1. The predicted octanol–water partition coefficient (Wildman–Crippen LogP) is 3.97. The van der Waals surface area contributed by atoms with Crippen molar-refractivity contribution in [2.45, 2.75) is 97.7 Å². The Labute approximate surface area is 195 Å². The van der Waals surface area contributed by atoms with Crippen LogP contribution in [0.15, 0.2) is 16.3 Å². The van der Waals surface area contributed by atoms with Crippen LogP contribution < -0.4 is 5.32 Å². The number of aliphatic imine (C=N–C) groups is 2. The highest BCUT2D eigenvalue weighted by Gasteiger charge is 2.56. The monoisotopic (exact) mass is 463 g/mol. The van der Waals surface area contributed by atoms with E-state index >= 15 is 0 Å². The van der Waals surface area contributed by atoms with Gasteiger partial charge in [-0.2, -0.15) is 0 Å². The molecule has 3 heterocycles. The van der Waals surface area contributed by atoms with Gasteiger partial charge in [0.05, 0.1) is 12.4 Å². The zero-order valence-electron chi connectivity index (χ0n) is 21.1. The van der Waals surface area contributed by atoms with Crippen molar-refractivity contribution >= 4 is 24.5 Å². The number of aromatic nitrogens is 2. The van der Waals surface area contributed by atoms with Gasteiger partial charge in [0.25, 0.3) is 0 Å². The average Bonchev–Trinajstić information content (AvgIpc) is 3.28. The van der Waals surface area contributed by atoms with Gasteiger partial charge in [-0.25, -0.2) is 14.8 Å². The number of amides is 1. The van der Waals surface area contributed by atoms with Gasteiger partial charge in [-0.05, 0) is 53.2 Å². The van der Waals surface area contributed by atoms with Crippen molar-refractivity contribution in [2.75, 3.05) is 7.05 Å². The van der Waals surface area contributed by atoms with E-state index in [2.05, 4.69) is 47.8 Å². The summed E-state index contributed by atoms with van der Waals surface area (Å²) in [6.45, 7) is 19.4. The molecule has 10 nitrogen and oxygen atoms in total. The predicted molar refractivity (Wildman–Crippen MR) is 125 cm³/mol. The molecule has 2 fully saturated rings. The van der Waals surface area contributed by atoms with Crippen LogP contribution in [-0.4, -0.2) is 64.9 Å². The minimum atomic E-state index is -0.729. The molecule has 1 aromatic rings. The number of alkyl carbamates (subject to hydrolysis) is 1. The smallest absolute Gasteiger partial charge is 0.413 e. The molecule has 2 aliphatic heterocycles. The fourth-order valence-electron chi connectivity index (χ4n) is 4.14. The van der Waals surface area contributed by atoms with Crippen LogP contribution in [0.1, 0.15) is 73.7 Å². The van der Waals surface area contributed by atoms with E-state index in [0.29, 0.717) is 11.5 Å². The molecule has 4 atom stereocenters. The van der Waals surface area contributed by atoms with Crippen molar-refractivity contribution < 1.29 is 23.7 Å². The van der Waals surface area contributed by atoms with E-state index in [1.807, 2.05) is 13.8 Å². The standard InChI is InChI=1S/C23H37N5O5/c1-21(2,3)11-13-15-16(32-23(7,8)31-15)19(30-13)28-12-26-14(18(28)25-10)17(24-9)27-20(29)33-22(4,5)6/h12-13,15-16,19H,10-11H2,1-9H3,(H,24,27,29)/t13-,15-,16-,19-/m1/s1. The molecule has 0 saturated carbocycles. The first-order valence-electron chi connectivity index (χ1n) is 11.2. The fraction of sp³-hybridized carbons (Fsp3) is 0.739. The lowest BCUT2D eigenvalue weighted by Gasteiger charge is -2.28. The van der Waals surface area contributed by atoms with E-state index in [1.54, 1.807) is 38.7 Å². The van der Waals surface area contributed by atoms with Gasteiger partial charge in [-0.3, -0.25) is 14.9 Å². The lowest BCUT2D eigenvalue weighted by Crippen LogP contribution is -2.37. The largest absolute Gasteiger partial charge is 0.444 e. The van der Waals surface area contributed by atoms with Crippen LogP contribution in [0, 0.1) is 5.41 Å². The van der Waals surface area contributed by atoms with Crippen molar-refractivity contribution in [2.24, 2.45) is 15.4 Å². The quantitative estimate of drug-likeness (QED) is 0.535. The van der Waals surface area contributed by atoms with Crippen molar-refractivity contribution in [1.82, 2.24) is 14.9 Å². The summed E-state index contributed by atoms with van der Waals surface area (Å²) in [6.07, 6.45) is 0.490. The van der Waals surface area contributed by atoms with E-state index < -0.39 is 23.7 Å². The minimum absolute atomic E-state index is 0.0409. The third kappa shape index (κ3) is 5.80. The van der Waals surface area contributed by atoms with E-state index in [9.17, 15) is 4.79 Å². The Bertz CT molecular complexity index is 925. The van der Waals surface area contributed by atoms with Crippen LogP contribution >= 0.6 is 0 Å². The van der Waals surface area contributed by atoms with Gasteiger partial charge in [-0.15, -0.1) is 0 Å². The maximum absolute atomic E-state index is 12.3. The summed E-state index contributed by atoms with van der Waals surface area (Å²) in [7, 11) is 1.55. The molecule has 184 valence electrons. The molecule has 1 N–H and O–H groups in total. The topological polar surface area (TPSA) is 109 Å². The Morgan fingerprint density at radius 1 is 1.24 bits per heavy atom. The van der Waals surface area contributed by atoms with Gasteiger partial charge in [0.1, 0.15) is 17.8 Å². The molecular weight excluding hydrogens is 426 g/mol. The van der Waals surface area contributed by atoms with Gasteiger partial charge in [-0.1, -0.05) is 20.8 Å². The van der Waals surface area contributed by atoms with Crippen LogP contribution in [0.2, 0.25) is 0 Å². The fourth-order valence-corrected chi connectivity index (χ4v) is 4.14. The van der Waals surface area contributed by atoms with Gasteiger partial charge in [0.2, 0.25) is 0 Å². The maximum atomic E-state index is 12.3. The number of amidine groups is 1. The van der Waals surface area contributed by atoms with Gasteiger partial charge >= 0.3 is 6.09 Å². The summed E-state index contributed by atoms with van der Waals surface area (Å²) >= 11 is 0. The van der Waals surface area contributed by atoms with Crippen molar-refractivity contribution in [3.05, 3.63) is 12.0 Å². The summed E-state index contributed by atoms with van der Waals surface area (Å²) in [5, 5.41) is 2.65. The summed E-state index contributed by atoms with van der Waals surface area (Å²) < 4.78 is 26.0. The lowest BCUT2D eigenvalue weighted by atomic mass is 9.87. The van der Waals surface area contributed by atoms with E-state index in [1.165, 1.54) is 0 Å². The van der Waals surface area contributed by atoms with Crippen molar-refractivity contribution in [1.29, 1.82) is 0 Å². The lowest BCUT2D eigenvalue weighted by molar-refractivity contribution is -0.199. The second kappa shape index (κ2) is 8.81. The number of ether oxygens (including phenoxy) is 4. The third-order valence-electron chi connectivity index (χ3n) is 5.20. The molecule has 1 amide bonds. The number of hydrogen-bond donors (Lipinski definition) is 1. The minimum Gasteiger partial charge on any atom is -0.444 e. The van der Waals surface area contributed by atoms with Crippen molar-refractivity contribution in [3.8, 4) is 0 Å². The zero-order valence-corrected chi connectivity index (χ0v) is 21.1. The molecule has 0 spiro atoms. The molecular formula is C23H37N5O5. The van der Waals surface area contributed by atoms with Crippen LogP contribution in [0.25, 0.3) is 0 Å². The molecule has 2 saturated heterocycles. The highest BCUT2D eigenvalue weighted by atomic mass is 16.8. The molecule has 0 radical (unpaired) electrons. The number of carbonyl (C=O) groups excluding carboxylic acids is 1. The summed E-state index contributed by atoms with van der Waals surface area (Å²) in [5.74, 6) is -0.109. The molecule has 10 heteroatoms. The van der Waals surface area contributed by atoms with Gasteiger partial charge in [0.15, 0.2) is 29.4 Å². The molecule has 0 unspecified atom stereocenters. The van der Waals surface area contributed by atoms with Gasteiger partial charge < -0.3 is 18.9 Å². The molecule has 0 bridgehead atoms. The van der Waals surface area contributed by atoms with Crippen LogP contribution in [-0.2, 0) is 18.9 Å². The number of nitrogens with one attached hydrogen (secondary N) is 1. The van der Waals surface area contributed by atoms with E-state index in [-0.39, 0.29) is 29.6 Å². The molecule has 2 aliphatic rings. The molecule has 0 aliphatic carbocycles. The Kier molecular flexibility index (Phi) is 6.76. The number of nitrogens with zero attached hydrogens (tertiary/aromatic N) is 4. The molecule has 0 aromatic carbocycles. The average molecular weight is 464 g/mol. The molecule has 1 aromatic heterocycles. The number of imidazole rings is 1. The van der Waals surface area contributed by atoms with Crippen LogP contribution in [0.5, 0.6) is 0 Å². The first-order chi connectivity index (χ1) is 15.1. The summed E-state index contributed by atoms with van der Waals surface area (Å²) in [5.41, 5.74) is -0.251. The normalized spacial score (nSPS) is 27.4. The van der Waals surface area contributed by atoms with Crippen LogP contribution in [0.4, 0.5) is 10.6 Å². The Hall–Kier alpha value is -2.30. The highest BCUT2D eigenvalue weighted by Crippen LogP contribution is 2.47. The molecule has 3 rings (SSSR count). The Morgan fingerprint density at radius 2 is 1.88 bits per heavy atom. The van der Waals surface area contributed by atoms with Gasteiger partial charge in [0, 0.05) is 7.05 Å². The number of rotatable bonds is 4. The Balaban J connectivity index is 1.91. The van der Waals surface area contributed by atoms with E-state index in [4.69, 9.17) is 18.9 Å². The number of hydrogen-bond acceptors (Lipinski definition) is 8. The van der Waals surface area contributed by atoms with Crippen molar-refractivity contribution in [3.63, 3.8) is 0 Å². The third-order valence-corrected chi connectivity index (χ3v) is 5.20. The highest BCUT2D eigenvalue weighted by molar-refractivity contribution is 6.07. The van der Waals surface area contributed by atoms with Crippen LogP contribution in [0.3, 0.4) is 0 Å². The second-order valence-corrected chi connectivity index (χ2v) is 11.1. The maximum Gasteiger partial charge on any atom is 0.413 e. The first kappa shape index (κ1) is 25.3. The first-order valence-corrected chi connectivity index (χ1v) is 11.2. The summed E-state index contributed by atoms with van der Waals surface area (Å²) in [4.78, 5) is 25.1. The number of fused-ring (bicyclic) bond motifs is 1. The number of carbonyl (C=O) groups is 1. The summed E-state index contributed by atoms with van der Waals surface area (Å²) in [6, 6.07) is 0. The van der Waals surface area contributed by atoms with E-state index in [0.717, 1.165) is 6.42 Å². The zero-order chi connectivity index (χ0) is 24.8. The molecule has 33 heavy (non-hydrogen) atoms. The SMILES string of the molecule is C=Nc1c(/C(=N\C)NC(=O)OC(C)(C)C)ncn1[C@@H]1O[C@H](CC(C)(C)C)[C@H]2OC(C)(C)O[C@H]21.